The van der Waals surface area contributed by atoms with E-state index >= 15 is 0 Å². The van der Waals surface area contributed by atoms with Crippen molar-refractivity contribution in [2.75, 3.05) is 19.3 Å². The molecule has 1 aliphatic heterocycles. The number of likely N-dealkylation sites (tertiary alicyclic amines) is 1. The van der Waals surface area contributed by atoms with Crippen molar-refractivity contribution in [1.29, 1.82) is 0 Å². The minimum Gasteiger partial charge on any atom is -0.457 e. The third-order valence-electron chi connectivity index (χ3n) is 8.66. The molecule has 3 aromatic carbocycles. The summed E-state index contributed by atoms with van der Waals surface area (Å²) in [5.41, 5.74) is 21.7. The van der Waals surface area contributed by atoms with Crippen LogP contribution in [0.1, 0.15) is 57.7 Å². The van der Waals surface area contributed by atoms with Gasteiger partial charge >= 0.3 is 0 Å². The monoisotopic (exact) mass is 569 g/mol. The number of anilines is 1. The van der Waals surface area contributed by atoms with Crippen LogP contribution in [0.4, 0.5) is 5.69 Å². The van der Waals surface area contributed by atoms with E-state index in [1.165, 1.54) is 11.3 Å². The minimum atomic E-state index is -1.52. The predicted molar refractivity (Wildman–Crippen MR) is 163 cm³/mol. The summed E-state index contributed by atoms with van der Waals surface area (Å²) < 4.78 is 6.73. The number of rotatable bonds is 5. The van der Waals surface area contributed by atoms with Crippen LogP contribution in [0.5, 0.6) is 11.5 Å². The summed E-state index contributed by atoms with van der Waals surface area (Å²) >= 11 is 1.28. The van der Waals surface area contributed by atoms with Gasteiger partial charge in [-0.15, -0.1) is 11.3 Å². The molecule has 0 saturated carbocycles. The highest BCUT2D eigenvalue weighted by Crippen LogP contribution is 2.50. The van der Waals surface area contributed by atoms with Crippen molar-refractivity contribution in [1.82, 2.24) is 10.2 Å². The van der Waals surface area contributed by atoms with E-state index in [9.17, 15) is 9.59 Å². The second kappa shape index (κ2) is 10.3. The van der Waals surface area contributed by atoms with E-state index in [-0.39, 0.29) is 17.7 Å². The fourth-order valence-corrected chi connectivity index (χ4v) is 7.47. The number of thiophene rings is 1. The zero-order chi connectivity index (χ0) is 29.1. The van der Waals surface area contributed by atoms with Gasteiger partial charge in [0.1, 0.15) is 17.0 Å². The zero-order valence-electron chi connectivity index (χ0n) is 23.4. The molecule has 4 unspecified atom stereocenters. The molecule has 1 amide bonds. The number of para-hydroxylation sites is 1. The highest BCUT2D eigenvalue weighted by molar-refractivity contribution is 7.21. The van der Waals surface area contributed by atoms with E-state index in [2.05, 4.69) is 24.2 Å². The molecule has 41 heavy (non-hydrogen) atoms. The summed E-state index contributed by atoms with van der Waals surface area (Å²) in [6.07, 6.45) is 1.72. The first-order chi connectivity index (χ1) is 19.6. The molecule has 0 bridgehead atoms. The van der Waals surface area contributed by atoms with Crippen LogP contribution in [0.3, 0.4) is 0 Å². The summed E-state index contributed by atoms with van der Waals surface area (Å²) in [6, 6.07) is 17.9. The first kappa shape index (κ1) is 27.4. The second-order valence-corrected chi connectivity index (χ2v) is 12.3. The Kier molecular flexibility index (Phi) is 6.86. The summed E-state index contributed by atoms with van der Waals surface area (Å²) in [5.74, 6) is 0.756. The predicted octanol–water partition coefficient (Wildman–Crippen LogP) is 4.58. The number of amides is 1. The molecule has 2 heterocycles. The number of nitrogens with two attached hydrogens (primary N) is 3. The molecule has 1 aliphatic carbocycles. The van der Waals surface area contributed by atoms with Crippen molar-refractivity contribution in [3.8, 4) is 11.5 Å². The molecular weight excluding hydrogens is 534 g/mol. The topological polar surface area (TPSA) is 137 Å². The Labute approximate surface area is 243 Å². The van der Waals surface area contributed by atoms with Gasteiger partial charge in [0.15, 0.2) is 5.78 Å². The quantitative estimate of drug-likeness (QED) is 0.258. The summed E-state index contributed by atoms with van der Waals surface area (Å²) in [4.78, 5) is 30.5. The van der Waals surface area contributed by atoms with Gasteiger partial charge < -0.3 is 32.2 Å². The van der Waals surface area contributed by atoms with Gasteiger partial charge in [-0.3, -0.25) is 9.59 Å². The number of ketones is 1. The van der Waals surface area contributed by atoms with Gasteiger partial charge in [0.25, 0.3) is 5.91 Å². The molecule has 1 aromatic heterocycles. The lowest BCUT2D eigenvalue weighted by Gasteiger charge is -2.37. The van der Waals surface area contributed by atoms with E-state index in [1.807, 2.05) is 55.5 Å². The number of aryl methyl sites for hydroxylation is 1. The molecule has 1 saturated heterocycles. The summed E-state index contributed by atoms with van der Waals surface area (Å²) in [5, 5.41) is 3.90. The van der Waals surface area contributed by atoms with Gasteiger partial charge in [0, 0.05) is 35.3 Å². The number of benzene rings is 3. The second-order valence-electron chi connectivity index (χ2n) is 11.3. The van der Waals surface area contributed by atoms with Gasteiger partial charge in [-0.2, -0.15) is 0 Å². The minimum absolute atomic E-state index is 0.0475. The van der Waals surface area contributed by atoms with Crippen molar-refractivity contribution < 1.29 is 14.3 Å². The van der Waals surface area contributed by atoms with E-state index in [0.29, 0.717) is 50.2 Å². The maximum absolute atomic E-state index is 14.2. The number of hydrogen-bond acceptors (Lipinski definition) is 8. The number of piperidine rings is 1. The van der Waals surface area contributed by atoms with Crippen molar-refractivity contribution in [2.45, 2.75) is 50.4 Å². The summed E-state index contributed by atoms with van der Waals surface area (Å²) in [6.45, 7) is 4.97. The number of carbonyl (C=O) groups is 2. The molecule has 1 fully saturated rings. The van der Waals surface area contributed by atoms with E-state index in [4.69, 9.17) is 21.9 Å². The Morgan fingerprint density at radius 3 is 2.54 bits per heavy atom. The van der Waals surface area contributed by atoms with E-state index in [0.717, 1.165) is 29.6 Å². The fraction of sp³-hybridized carbons (Fsp3) is 0.312. The normalized spacial score (nSPS) is 24.4. The Hall–Kier alpha value is -3.76. The number of Topliss-reactive ketones (excluding diaryl/α,β-unsaturated/α-hetero) is 1. The number of nitrogens with zero attached hydrogens (tertiary/aromatic N) is 1. The SMILES string of the molecule is Cc1cc(Oc2ccccc2)ccc1C1(N)C(=O)C(N)c2c(C(=O)NC3CCN(C)C(C)C3)sc3c(N)ccc1c23. The fourth-order valence-electron chi connectivity index (χ4n) is 6.27. The highest BCUT2D eigenvalue weighted by atomic mass is 32.1. The van der Waals surface area contributed by atoms with Crippen LogP contribution < -0.4 is 27.3 Å². The first-order valence-electron chi connectivity index (χ1n) is 13.9. The van der Waals surface area contributed by atoms with Crippen LogP contribution >= 0.6 is 11.3 Å². The van der Waals surface area contributed by atoms with Crippen molar-refractivity contribution >= 4 is 38.8 Å². The molecule has 9 heteroatoms. The lowest BCUT2D eigenvalue weighted by molar-refractivity contribution is -0.124. The molecule has 4 atom stereocenters. The zero-order valence-corrected chi connectivity index (χ0v) is 24.3. The van der Waals surface area contributed by atoms with Crippen LogP contribution in [0.15, 0.2) is 60.7 Å². The first-order valence-corrected chi connectivity index (χ1v) is 14.7. The third-order valence-corrected chi connectivity index (χ3v) is 9.92. The highest BCUT2D eigenvalue weighted by Gasteiger charge is 2.49. The van der Waals surface area contributed by atoms with Crippen LogP contribution in [0.2, 0.25) is 0 Å². The van der Waals surface area contributed by atoms with Gasteiger partial charge in [0.05, 0.1) is 15.6 Å². The largest absolute Gasteiger partial charge is 0.457 e. The third kappa shape index (κ3) is 4.49. The smallest absolute Gasteiger partial charge is 0.261 e. The molecule has 0 spiro atoms. The van der Waals surface area contributed by atoms with E-state index in [1.54, 1.807) is 12.1 Å². The van der Waals surface area contributed by atoms with Gasteiger partial charge in [0.2, 0.25) is 0 Å². The van der Waals surface area contributed by atoms with Crippen LogP contribution in [0, 0.1) is 6.92 Å². The Morgan fingerprint density at radius 2 is 1.83 bits per heavy atom. The van der Waals surface area contributed by atoms with Gasteiger partial charge in [-0.05, 0) is 80.8 Å². The average molecular weight is 570 g/mol. The molecule has 0 radical (unpaired) electrons. The molecule has 4 aromatic rings. The number of nitrogen functional groups attached to an aromatic ring is 1. The van der Waals surface area contributed by atoms with Crippen LogP contribution in [-0.2, 0) is 10.3 Å². The number of nitrogens with one attached hydrogen (secondary N) is 1. The molecule has 2 aliphatic rings. The molecule has 6 rings (SSSR count). The lowest BCUT2D eigenvalue weighted by Crippen LogP contribution is -2.53. The van der Waals surface area contributed by atoms with Crippen molar-refractivity contribution in [2.24, 2.45) is 11.5 Å². The lowest BCUT2D eigenvalue weighted by atomic mass is 9.69. The standard InChI is InChI=1S/C32H35N5O3S/c1-17-15-21(40-20-7-5-4-6-8-20)9-10-22(17)32(35)23-11-12-24(33)28-25(23)26(27(34)30(32)38)29(41-28)31(39)36-19-13-14-37(3)18(2)16-19/h4-12,15,18-19,27H,13-14,16,33-35H2,1-3H3,(H,36,39). The molecule has 8 nitrogen and oxygen atoms in total. The number of hydrogen-bond donors (Lipinski definition) is 4. The van der Waals surface area contributed by atoms with Crippen molar-refractivity contribution in [3.05, 3.63) is 87.8 Å². The Balaban J connectivity index is 1.41. The summed E-state index contributed by atoms with van der Waals surface area (Å²) in [7, 11) is 2.10. The maximum atomic E-state index is 14.2. The van der Waals surface area contributed by atoms with E-state index < -0.39 is 11.6 Å². The van der Waals surface area contributed by atoms with Crippen LogP contribution in [-0.4, -0.2) is 42.3 Å². The average Bonchev–Trinajstić information content (AvgIpc) is 3.36. The maximum Gasteiger partial charge on any atom is 0.261 e. The molecule has 212 valence electrons. The van der Waals surface area contributed by atoms with Gasteiger partial charge in [-0.1, -0.05) is 30.3 Å². The molecular formula is C32H35N5O3S. The molecule has 7 N–H and O–H groups in total. The van der Waals surface area contributed by atoms with Gasteiger partial charge in [-0.25, -0.2) is 0 Å². The Morgan fingerprint density at radius 1 is 1.10 bits per heavy atom. The number of ether oxygens (including phenoxy) is 1. The van der Waals surface area contributed by atoms with Crippen molar-refractivity contribution in [3.63, 3.8) is 0 Å². The number of carbonyl (C=O) groups excluding carboxylic acids is 2. The van der Waals surface area contributed by atoms with Crippen LogP contribution in [0.25, 0.3) is 10.1 Å². The Bertz CT molecular complexity index is 1670.